The molecule has 0 bridgehead atoms. The summed E-state index contributed by atoms with van der Waals surface area (Å²) >= 11 is 1.43. The van der Waals surface area contributed by atoms with Gasteiger partial charge in [0.25, 0.3) is 0 Å². The van der Waals surface area contributed by atoms with Crippen LogP contribution >= 0.6 is 11.3 Å². The maximum atomic E-state index is 13.8. The topological polar surface area (TPSA) is 89.4 Å². The minimum atomic E-state index is -0.828. The molecule has 1 N–H and O–H groups in total. The molecule has 9 heteroatoms. The number of carbonyl (C=O) groups is 2. The summed E-state index contributed by atoms with van der Waals surface area (Å²) in [4.78, 5) is 29.5. The highest BCUT2D eigenvalue weighted by molar-refractivity contribution is 7.10. The number of amides is 2. The van der Waals surface area contributed by atoms with Crippen LogP contribution in [-0.2, 0) is 20.9 Å². The third kappa shape index (κ3) is 4.94. The molecule has 2 aromatic carbocycles. The molecule has 2 heterocycles. The highest BCUT2D eigenvalue weighted by Crippen LogP contribution is 2.33. The molecule has 0 saturated carbocycles. The third-order valence-electron chi connectivity index (χ3n) is 5.27. The molecule has 2 amide bonds. The van der Waals surface area contributed by atoms with Crippen LogP contribution in [0.1, 0.15) is 16.5 Å². The summed E-state index contributed by atoms with van der Waals surface area (Å²) < 4.78 is 6.64. The van der Waals surface area contributed by atoms with Gasteiger partial charge in [0.15, 0.2) is 0 Å². The van der Waals surface area contributed by atoms with Crippen LogP contribution in [0.25, 0.3) is 11.0 Å². The zero-order valence-corrected chi connectivity index (χ0v) is 19.3. The van der Waals surface area contributed by atoms with Gasteiger partial charge in [-0.05, 0) is 42.1 Å². The summed E-state index contributed by atoms with van der Waals surface area (Å²) in [6, 6.07) is 17.9. The summed E-state index contributed by atoms with van der Waals surface area (Å²) in [5, 5.41) is 13.1. The molecule has 0 aliphatic carbocycles. The maximum absolute atomic E-state index is 13.8. The molecular formula is C24H25N5O3S. The van der Waals surface area contributed by atoms with Gasteiger partial charge >= 0.3 is 0 Å². The van der Waals surface area contributed by atoms with E-state index in [1.807, 2.05) is 73.0 Å². The van der Waals surface area contributed by atoms with Crippen molar-refractivity contribution in [2.45, 2.75) is 19.5 Å². The van der Waals surface area contributed by atoms with Gasteiger partial charge in [-0.1, -0.05) is 41.6 Å². The van der Waals surface area contributed by atoms with Gasteiger partial charge in [-0.3, -0.25) is 14.5 Å². The first-order valence-electron chi connectivity index (χ1n) is 10.6. The number of hydrogen-bond donors (Lipinski definition) is 1. The molecule has 0 unspecified atom stereocenters. The van der Waals surface area contributed by atoms with E-state index >= 15 is 0 Å². The lowest BCUT2D eigenvalue weighted by Crippen LogP contribution is -2.45. The van der Waals surface area contributed by atoms with Gasteiger partial charge in [0.05, 0.1) is 12.1 Å². The molecule has 4 aromatic rings. The fourth-order valence-corrected chi connectivity index (χ4v) is 4.50. The van der Waals surface area contributed by atoms with E-state index < -0.39 is 6.04 Å². The van der Waals surface area contributed by atoms with Gasteiger partial charge in [0.1, 0.15) is 18.1 Å². The van der Waals surface area contributed by atoms with Gasteiger partial charge in [-0.15, -0.1) is 16.4 Å². The fraction of sp³-hybridized carbons (Fsp3) is 0.250. The smallest absolute Gasteiger partial charge is 0.249 e. The Kier molecular flexibility index (Phi) is 7.11. The first kappa shape index (κ1) is 22.6. The fourth-order valence-electron chi connectivity index (χ4n) is 3.68. The monoisotopic (exact) mass is 463 g/mol. The summed E-state index contributed by atoms with van der Waals surface area (Å²) in [6.45, 7) is 2.60. The quantitative estimate of drug-likeness (QED) is 0.385. The molecule has 4 rings (SSSR count). The van der Waals surface area contributed by atoms with Crippen molar-refractivity contribution in [1.82, 2.24) is 20.3 Å². The minimum Gasteiger partial charge on any atom is -0.383 e. The van der Waals surface area contributed by atoms with Crippen LogP contribution in [0.15, 0.2) is 66.0 Å². The van der Waals surface area contributed by atoms with E-state index in [0.29, 0.717) is 24.4 Å². The lowest BCUT2D eigenvalue weighted by molar-refractivity contribution is -0.127. The lowest BCUT2D eigenvalue weighted by Gasteiger charge is -2.31. The molecule has 170 valence electrons. The highest BCUT2D eigenvalue weighted by atomic mass is 32.1. The number of methoxy groups -OCH3 is 1. The number of nitrogens with one attached hydrogen (secondary N) is 1. The van der Waals surface area contributed by atoms with Crippen molar-refractivity contribution in [3.8, 4) is 0 Å². The number of nitrogens with zero attached hydrogens (tertiary/aromatic N) is 4. The van der Waals surface area contributed by atoms with Gasteiger partial charge in [0, 0.05) is 24.2 Å². The van der Waals surface area contributed by atoms with E-state index in [1.54, 1.807) is 16.7 Å². The van der Waals surface area contributed by atoms with Crippen LogP contribution in [0, 0.1) is 6.92 Å². The first-order chi connectivity index (χ1) is 16.1. The molecule has 0 aliphatic heterocycles. The second-order valence-electron chi connectivity index (χ2n) is 7.49. The van der Waals surface area contributed by atoms with E-state index in [1.165, 1.54) is 11.3 Å². The van der Waals surface area contributed by atoms with E-state index in [4.69, 9.17) is 4.74 Å². The van der Waals surface area contributed by atoms with E-state index in [0.717, 1.165) is 16.0 Å². The minimum absolute atomic E-state index is 0.0535. The number of hydrogen-bond acceptors (Lipinski definition) is 6. The number of aromatic nitrogens is 3. The van der Waals surface area contributed by atoms with E-state index in [9.17, 15) is 9.59 Å². The van der Waals surface area contributed by atoms with Crippen molar-refractivity contribution < 1.29 is 14.3 Å². The summed E-state index contributed by atoms with van der Waals surface area (Å²) in [6.07, 6.45) is 0. The molecule has 8 nitrogen and oxygen atoms in total. The maximum Gasteiger partial charge on any atom is 0.249 e. The number of ether oxygens (including phenoxy) is 1. The van der Waals surface area contributed by atoms with Crippen LogP contribution in [-0.4, -0.2) is 47.1 Å². The summed E-state index contributed by atoms with van der Waals surface area (Å²) in [5.41, 5.74) is 3.03. The Morgan fingerprint density at radius 3 is 2.67 bits per heavy atom. The highest BCUT2D eigenvalue weighted by Gasteiger charge is 2.34. The summed E-state index contributed by atoms with van der Waals surface area (Å²) in [7, 11) is 1.58. The normalized spacial score (nSPS) is 11.9. The van der Waals surface area contributed by atoms with Crippen molar-refractivity contribution >= 4 is 39.9 Å². The molecule has 0 fully saturated rings. The Bertz CT molecular complexity index is 1240. The van der Waals surface area contributed by atoms with Crippen molar-refractivity contribution in [1.29, 1.82) is 0 Å². The largest absolute Gasteiger partial charge is 0.383 e. The van der Waals surface area contributed by atoms with Gasteiger partial charge in [-0.25, -0.2) is 4.68 Å². The SMILES string of the molecule is COCCNC(=O)[C@@H](c1cccs1)N(C(=O)Cn1nnc2ccccc21)c1ccccc1C. The van der Waals surface area contributed by atoms with Crippen molar-refractivity contribution in [2.75, 3.05) is 25.2 Å². The molecule has 0 aliphatic rings. The van der Waals surface area contributed by atoms with Crippen LogP contribution in [0.5, 0.6) is 0 Å². The molecule has 33 heavy (non-hydrogen) atoms. The molecule has 0 spiro atoms. The number of rotatable bonds is 9. The molecule has 2 aromatic heterocycles. The van der Waals surface area contributed by atoms with Crippen molar-refractivity contribution in [2.24, 2.45) is 0 Å². The molecule has 0 saturated heterocycles. The van der Waals surface area contributed by atoms with Crippen molar-refractivity contribution in [3.63, 3.8) is 0 Å². The Morgan fingerprint density at radius 2 is 1.91 bits per heavy atom. The number of aryl methyl sites for hydroxylation is 1. The summed E-state index contributed by atoms with van der Waals surface area (Å²) in [5.74, 6) is -0.533. The van der Waals surface area contributed by atoms with Crippen molar-refractivity contribution in [3.05, 3.63) is 76.5 Å². The van der Waals surface area contributed by atoms with Crippen LogP contribution in [0.3, 0.4) is 0 Å². The predicted octanol–water partition coefficient (Wildman–Crippen LogP) is 3.34. The van der Waals surface area contributed by atoms with Gasteiger partial charge in [-0.2, -0.15) is 0 Å². The Balaban J connectivity index is 1.75. The first-order valence-corrected chi connectivity index (χ1v) is 11.4. The molecular weight excluding hydrogens is 438 g/mol. The van der Waals surface area contributed by atoms with Crippen LogP contribution < -0.4 is 10.2 Å². The van der Waals surface area contributed by atoms with E-state index in [-0.39, 0.29) is 18.4 Å². The standard InChI is InChI=1S/C24H25N5O3S/c1-17-8-3-5-10-19(17)29(22(30)16-28-20-11-6-4-9-18(20)26-27-28)23(21-12-7-15-33-21)24(31)25-13-14-32-2/h3-12,15,23H,13-14,16H2,1-2H3,(H,25,31)/t23-/m1/s1. The molecule has 0 radical (unpaired) electrons. The van der Waals surface area contributed by atoms with Crippen LogP contribution in [0.2, 0.25) is 0 Å². The average Bonchev–Trinajstić information content (AvgIpc) is 3.49. The average molecular weight is 464 g/mol. The molecule has 1 atom stereocenters. The number of benzene rings is 2. The number of anilines is 1. The third-order valence-corrected chi connectivity index (χ3v) is 6.20. The Morgan fingerprint density at radius 1 is 1.12 bits per heavy atom. The number of para-hydroxylation sites is 2. The number of thiophene rings is 1. The predicted molar refractivity (Wildman–Crippen MR) is 128 cm³/mol. The van der Waals surface area contributed by atoms with E-state index in [2.05, 4.69) is 15.6 Å². The second-order valence-corrected chi connectivity index (χ2v) is 8.47. The Labute approximate surface area is 195 Å². The second kappa shape index (κ2) is 10.4. The number of carbonyl (C=O) groups excluding carboxylic acids is 2. The van der Waals surface area contributed by atoms with Gasteiger partial charge in [0.2, 0.25) is 11.8 Å². The zero-order chi connectivity index (χ0) is 23.2. The number of fused-ring (bicyclic) bond motifs is 1. The van der Waals surface area contributed by atoms with Crippen LogP contribution in [0.4, 0.5) is 5.69 Å². The lowest BCUT2D eigenvalue weighted by atomic mass is 10.1. The zero-order valence-electron chi connectivity index (χ0n) is 18.5. The Hall–Kier alpha value is -3.56. The van der Waals surface area contributed by atoms with Gasteiger partial charge < -0.3 is 10.1 Å².